The van der Waals surface area contributed by atoms with Crippen molar-refractivity contribution in [3.63, 3.8) is 0 Å². The monoisotopic (exact) mass is 359 g/mol. The SMILES string of the molecule is OCC1CC(O)CCN1CC1CCN(c2ncccc2C(F)(F)F)C1. The fourth-order valence-corrected chi connectivity index (χ4v) is 3.88. The molecule has 3 atom stereocenters. The van der Waals surface area contributed by atoms with Crippen LogP contribution in [0.25, 0.3) is 0 Å². The molecule has 5 nitrogen and oxygen atoms in total. The zero-order valence-corrected chi connectivity index (χ0v) is 14.0. The number of likely N-dealkylation sites (tertiary alicyclic amines) is 1. The highest BCUT2D eigenvalue weighted by Crippen LogP contribution is 2.37. The van der Waals surface area contributed by atoms with E-state index in [1.807, 2.05) is 0 Å². The lowest BCUT2D eigenvalue weighted by molar-refractivity contribution is -0.137. The van der Waals surface area contributed by atoms with Crippen molar-refractivity contribution in [2.75, 3.05) is 37.7 Å². The number of halogens is 3. The zero-order chi connectivity index (χ0) is 18.0. The minimum absolute atomic E-state index is 0.00488. The van der Waals surface area contributed by atoms with E-state index in [9.17, 15) is 23.4 Å². The Morgan fingerprint density at radius 2 is 2.04 bits per heavy atom. The van der Waals surface area contributed by atoms with E-state index in [1.165, 1.54) is 12.3 Å². The maximum Gasteiger partial charge on any atom is 0.419 e. The van der Waals surface area contributed by atoms with Gasteiger partial charge in [0.05, 0.1) is 18.3 Å². The summed E-state index contributed by atoms with van der Waals surface area (Å²) in [5, 5.41) is 19.2. The number of hydrogen-bond donors (Lipinski definition) is 2. The van der Waals surface area contributed by atoms with Gasteiger partial charge in [0.15, 0.2) is 0 Å². The maximum atomic E-state index is 13.2. The van der Waals surface area contributed by atoms with Crippen molar-refractivity contribution in [2.45, 2.75) is 37.6 Å². The number of hydrogen-bond acceptors (Lipinski definition) is 5. The second kappa shape index (κ2) is 7.47. The molecule has 3 unspecified atom stereocenters. The van der Waals surface area contributed by atoms with Gasteiger partial charge < -0.3 is 15.1 Å². The van der Waals surface area contributed by atoms with E-state index in [0.29, 0.717) is 32.5 Å². The van der Waals surface area contributed by atoms with Gasteiger partial charge in [0.2, 0.25) is 0 Å². The lowest BCUT2D eigenvalue weighted by Crippen LogP contribution is -2.48. The van der Waals surface area contributed by atoms with E-state index >= 15 is 0 Å². The molecule has 2 aliphatic heterocycles. The molecule has 8 heteroatoms. The fourth-order valence-electron chi connectivity index (χ4n) is 3.88. The first-order valence-electron chi connectivity index (χ1n) is 8.68. The summed E-state index contributed by atoms with van der Waals surface area (Å²) in [6, 6.07) is 2.31. The Morgan fingerprint density at radius 3 is 2.76 bits per heavy atom. The van der Waals surface area contributed by atoms with E-state index in [4.69, 9.17) is 0 Å². The van der Waals surface area contributed by atoms with Crippen LogP contribution in [0.3, 0.4) is 0 Å². The van der Waals surface area contributed by atoms with Gasteiger partial charge in [-0.05, 0) is 37.3 Å². The number of aromatic nitrogens is 1. The van der Waals surface area contributed by atoms with E-state index in [1.54, 1.807) is 4.90 Å². The van der Waals surface area contributed by atoms with Gasteiger partial charge in [0, 0.05) is 38.4 Å². The molecule has 3 heterocycles. The maximum absolute atomic E-state index is 13.2. The van der Waals surface area contributed by atoms with Crippen molar-refractivity contribution in [1.82, 2.24) is 9.88 Å². The van der Waals surface area contributed by atoms with Gasteiger partial charge in [-0.1, -0.05) is 0 Å². The quantitative estimate of drug-likeness (QED) is 0.858. The number of nitrogens with zero attached hydrogens (tertiary/aromatic N) is 3. The van der Waals surface area contributed by atoms with Crippen molar-refractivity contribution in [2.24, 2.45) is 5.92 Å². The molecule has 25 heavy (non-hydrogen) atoms. The first-order valence-corrected chi connectivity index (χ1v) is 8.68. The molecule has 2 N–H and O–H groups in total. The summed E-state index contributed by atoms with van der Waals surface area (Å²) in [5.74, 6) is 0.234. The number of alkyl halides is 3. The number of rotatable bonds is 4. The highest BCUT2D eigenvalue weighted by Gasteiger charge is 2.38. The molecule has 0 bridgehead atoms. The van der Waals surface area contributed by atoms with Crippen molar-refractivity contribution in [1.29, 1.82) is 0 Å². The van der Waals surface area contributed by atoms with Crippen LogP contribution in [-0.4, -0.2) is 65.0 Å². The molecule has 0 amide bonds. The lowest BCUT2D eigenvalue weighted by atomic mass is 9.97. The van der Waals surface area contributed by atoms with Crippen molar-refractivity contribution >= 4 is 5.82 Å². The van der Waals surface area contributed by atoms with E-state index in [-0.39, 0.29) is 30.5 Å². The molecule has 0 spiro atoms. The van der Waals surface area contributed by atoms with Crippen LogP contribution < -0.4 is 4.90 Å². The highest BCUT2D eigenvalue weighted by molar-refractivity contribution is 5.49. The minimum atomic E-state index is -4.41. The number of pyridine rings is 1. The largest absolute Gasteiger partial charge is 0.419 e. The molecule has 140 valence electrons. The lowest BCUT2D eigenvalue weighted by Gasteiger charge is -2.38. The Morgan fingerprint density at radius 1 is 1.24 bits per heavy atom. The van der Waals surface area contributed by atoms with Gasteiger partial charge >= 0.3 is 6.18 Å². The van der Waals surface area contributed by atoms with E-state index < -0.39 is 11.7 Å². The normalized spacial score (nSPS) is 28.5. The molecule has 0 radical (unpaired) electrons. The average Bonchev–Trinajstić information content (AvgIpc) is 3.04. The summed E-state index contributed by atoms with van der Waals surface area (Å²) < 4.78 is 39.5. The standard InChI is InChI=1S/C17H24F3N3O2/c18-17(19,20)15-2-1-5-21-16(15)23-6-3-12(10-23)9-22-7-4-14(25)8-13(22)11-24/h1-2,5,12-14,24-25H,3-4,6-11H2. The number of piperidine rings is 1. The average molecular weight is 359 g/mol. The Balaban J connectivity index is 1.65. The van der Waals surface area contributed by atoms with Crippen LogP contribution in [0.2, 0.25) is 0 Å². The molecule has 2 fully saturated rings. The molecular formula is C17H24F3N3O2. The summed E-state index contributed by atoms with van der Waals surface area (Å²) in [4.78, 5) is 7.83. The van der Waals surface area contributed by atoms with Crippen LogP contribution in [0, 0.1) is 5.92 Å². The molecule has 3 rings (SSSR count). The van der Waals surface area contributed by atoms with Crippen molar-refractivity contribution in [3.8, 4) is 0 Å². The molecule has 2 aliphatic rings. The molecule has 1 aromatic heterocycles. The predicted molar refractivity (Wildman–Crippen MR) is 87.2 cm³/mol. The zero-order valence-electron chi connectivity index (χ0n) is 14.0. The fraction of sp³-hybridized carbons (Fsp3) is 0.706. The molecule has 0 aromatic carbocycles. The van der Waals surface area contributed by atoms with Crippen LogP contribution in [0.5, 0.6) is 0 Å². The van der Waals surface area contributed by atoms with Gasteiger partial charge in [-0.3, -0.25) is 4.90 Å². The van der Waals surface area contributed by atoms with E-state index in [2.05, 4.69) is 9.88 Å². The van der Waals surface area contributed by atoms with Gasteiger partial charge in [0.1, 0.15) is 5.82 Å². The Hall–Kier alpha value is -1.38. The summed E-state index contributed by atoms with van der Waals surface area (Å²) in [6.45, 7) is 2.50. The third kappa shape index (κ3) is 4.24. The molecular weight excluding hydrogens is 335 g/mol. The number of aliphatic hydroxyl groups is 2. The van der Waals surface area contributed by atoms with Gasteiger partial charge in [-0.2, -0.15) is 13.2 Å². The van der Waals surface area contributed by atoms with E-state index in [0.717, 1.165) is 19.0 Å². The third-order valence-corrected chi connectivity index (χ3v) is 5.19. The van der Waals surface area contributed by atoms with Gasteiger partial charge in [-0.25, -0.2) is 4.98 Å². The number of anilines is 1. The minimum Gasteiger partial charge on any atom is -0.395 e. The highest BCUT2D eigenvalue weighted by atomic mass is 19.4. The molecule has 2 saturated heterocycles. The van der Waals surface area contributed by atoms with Gasteiger partial charge in [-0.15, -0.1) is 0 Å². The van der Waals surface area contributed by atoms with Gasteiger partial charge in [0.25, 0.3) is 0 Å². The second-order valence-corrected chi connectivity index (χ2v) is 6.98. The molecule has 0 saturated carbocycles. The second-order valence-electron chi connectivity index (χ2n) is 6.98. The van der Waals surface area contributed by atoms with Crippen LogP contribution in [-0.2, 0) is 6.18 Å². The smallest absolute Gasteiger partial charge is 0.395 e. The van der Waals surface area contributed by atoms with Crippen molar-refractivity contribution < 1.29 is 23.4 Å². The van der Waals surface area contributed by atoms with Crippen LogP contribution in [0.1, 0.15) is 24.8 Å². The summed E-state index contributed by atoms with van der Waals surface area (Å²) in [6.07, 6.45) is -1.38. The summed E-state index contributed by atoms with van der Waals surface area (Å²) in [5.41, 5.74) is -0.690. The number of aliphatic hydroxyl groups excluding tert-OH is 2. The van der Waals surface area contributed by atoms with Crippen LogP contribution >= 0.6 is 0 Å². The summed E-state index contributed by atoms with van der Waals surface area (Å²) in [7, 11) is 0. The first-order chi connectivity index (χ1) is 11.9. The third-order valence-electron chi connectivity index (χ3n) is 5.19. The molecule has 0 aliphatic carbocycles. The van der Waals surface area contributed by atoms with Crippen LogP contribution in [0.4, 0.5) is 19.0 Å². The first kappa shape index (κ1) is 18.4. The van der Waals surface area contributed by atoms with Crippen molar-refractivity contribution in [3.05, 3.63) is 23.9 Å². The topological polar surface area (TPSA) is 59.8 Å². The molecule has 1 aromatic rings. The summed E-state index contributed by atoms with van der Waals surface area (Å²) >= 11 is 0. The Bertz CT molecular complexity index is 585. The Labute approximate surface area is 145 Å². The predicted octanol–water partition coefficient (Wildman–Crippen LogP) is 1.74. The Kier molecular flexibility index (Phi) is 5.50. The van der Waals surface area contributed by atoms with Crippen LogP contribution in [0.15, 0.2) is 18.3 Å².